The van der Waals surface area contributed by atoms with Crippen molar-refractivity contribution in [1.29, 1.82) is 0 Å². The molecule has 1 aromatic heterocycles. The molecule has 1 aliphatic heterocycles. The summed E-state index contributed by atoms with van der Waals surface area (Å²) in [6.07, 6.45) is 3.44. The minimum atomic E-state index is 0.739. The second kappa shape index (κ2) is 5.68. The van der Waals surface area contributed by atoms with Gasteiger partial charge in [0.25, 0.3) is 0 Å². The molecule has 0 saturated carbocycles. The average molecular weight is 285 g/mol. The van der Waals surface area contributed by atoms with Crippen LogP contribution in [0.15, 0.2) is 24.3 Å². The van der Waals surface area contributed by atoms with Crippen LogP contribution in [-0.4, -0.2) is 22.9 Å². The third-order valence-electron chi connectivity index (χ3n) is 4.10. The van der Waals surface area contributed by atoms with Crippen LogP contribution in [0.5, 0.6) is 0 Å². The second-order valence-electron chi connectivity index (χ2n) is 5.55. The van der Waals surface area contributed by atoms with Gasteiger partial charge in [0.15, 0.2) is 5.82 Å². The van der Waals surface area contributed by atoms with Gasteiger partial charge in [0.2, 0.25) is 0 Å². The van der Waals surface area contributed by atoms with E-state index in [1.54, 1.807) is 0 Å². The van der Waals surface area contributed by atoms with Gasteiger partial charge >= 0.3 is 0 Å². The van der Waals surface area contributed by atoms with Crippen molar-refractivity contribution in [3.8, 4) is 0 Å². The molecule has 0 unspecified atom stereocenters. The van der Waals surface area contributed by atoms with Crippen LogP contribution in [0.3, 0.4) is 0 Å². The zero-order valence-corrected chi connectivity index (χ0v) is 12.8. The number of benzene rings is 1. The van der Waals surface area contributed by atoms with Gasteiger partial charge in [0.05, 0.1) is 11.4 Å². The fourth-order valence-electron chi connectivity index (χ4n) is 2.87. The van der Waals surface area contributed by atoms with Crippen LogP contribution in [0.1, 0.15) is 25.5 Å². The summed E-state index contributed by atoms with van der Waals surface area (Å²) in [6.45, 7) is 4.40. The van der Waals surface area contributed by atoms with E-state index in [-0.39, 0.29) is 0 Å². The first-order valence-electron chi connectivity index (χ1n) is 7.62. The van der Waals surface area contributed by atoms with Crippen LogP contribution in [0.2, 0.25) is 0 Å². The van der Waals surface area contributed by atoms with Crippen LogP contribution in [0.4, 0.5) is 22.9 Å². The number of nitrogens with zero attached hydrogens (tertiary/aromatic N) is 3. The lowest BCUT2D eigenvalue weighted by Crippen LogP contribution is -2.17. The summed E-state index contributed by atoms with van der Waals surface area (Å²) in [6, 6.07) is 8.54. The molecule has 3 N–H and O–H groups in total. The van der Waals surface area contributed by atoms with Crippen molar-refractivity contribution in [1.82, 2.24) is 9.78 Å². The fourth-order valence-corrected chi connectivity index (χ4v) is 2.87. The lowest BCUT2D eigenvalue weighted by molar-refractivity contribution is 0.753. The van der Waals surface area contributed by atoms with Gasteiger partial charge in [0, 0.05) is 31.5 Å². The molecule has 2 heterocycles. The molecule has 2 aromatic rings. The molecule has 3 rings (SSSR count). The molecular weight excluding hydrogens is 262 g/mol. The molecule has 0 atom stereocenters. The van der Waals surface area contributed by atoms with E-state index in [4.69, 9.17) is 5.73 Å². The number of hydrogen-bond donors (Lipinski definition) is 2. The molecule has 1 saturated heterocycles. The van der Waals surface area contributed by atoms with Gasteiger partial charge in [0.1, 0.15) is 0 Å². The summed E-state index contributed by atoms with van der Waals surface area (Å²) in [7, 11) is 1.91. The van der Waals surface area contributed by atoms with E-state index < -0.39 is 0 Å². The Morgan fingerprint density at radius 2 is 1.86 bits per heavy atom. The highest BCUT2D eigenvalue weighted by molar-refractivity contribution is 5.72. The lowest BCUT2D eigenvalue weighted by atomic mass is 10.2. The fraction of sp³-hybridized carbons (Fsp3) is 0.438. The quantitative estimate of drug-likeness (QED) is 0.907. The van der Waals surface area contributed by atoms with E-state index in [0.29, 0.717) is 0 Å². The molecule has 0 radical (unpaired) electrons. The van der Waals surface area contributed by atoms with Crippen LogP contribution >= 0.6 is 0 Å². The number of nitrogens with one attached hydrogen (secondary N) is 1. The zero-order chi connectivity index (χ0) is 14.8. The summed E-state index contributed by atoms with van der Waals surface area (Å²) < 4.78 is 1.81. The molecule has 1 fully saturated rings. The Morgan fingerprint density at radius 1 is 1.19 bits per heavy atom. The van der Waals surface area contributed by atoms with Gasteiger partial charge in [-0.1, -0.05) is 6.92 Å². The van der Waals surface area contributed by atoms with Gasteiger partial charge in [-0.25, -0.2) is 0 Å². The Hall–Kier alpha value is -2.17. The van der Waals surface area contributed by atoms with E-state index in [9.17, 15) is 0 Å². The largest absolute Gasteiger partial charge is 0.394 e. The number of anilines is 4. The summed E-state index contributed by atoms with van der Waals surface area (Å²) >= 11 is 0. The minimum absolute atomic E-state index is 0.739. The SMILES string of the molecule is CCc1nn(C)c(Nc2ccc(N3CCCC3)cc2)c1N. The summed E-state index contributed by atoms with van der Waals surface area (Å²) in [5.74, 6) is 0.862. The van der Waals surface area contributed by atoms with Crippen LogP contribution in [-0.2, 0) is 13.5 Å². The Bertz CT molecular complexity index is 608. The molecule has 1 aliphatic rings. The normalized spacial score (nSPS) is 14.7. The third kappa shape index (κ3) is 2.68. The van der Waals surface area contributed by atoms with E-state index in [0.717, 1.165) is 29.3 Å². The molecule has 5 heteroatoms. The van der Waals surface area contributed by atoms with E-state index in [1.165, 1.54) is 31.6 Å². The molecule has 0 aliphatic carbocycles. The van der Waals surface area contributed by atoms with Gasteiger partial charge in [-0.05, 0) is 43.5 Å². The highest BCUT2D eigenvalue weighted by Gasteiger charge is 2.14. The van der Waals surface area contributed by atoms with Crippen molar-refractivity contribution in [3.63, 3.8) is 0 Å². The standard InChI is InChI=1S/C16H23N5/c1-3-14-15(17)16(20(2)19-14)18-12-6-8-13(9-7-12)21-10-4-5-11-21/h6-9,18H,3-5,10-11,17H2,1-2H3. The number of nitrogen functional groups attached to an aromatic ring is 1. The number of hydrogen-bond acceptors (Lipinski definition) is 4. The highest BCUT2D eigenvalue weighted by Crippen LogP contribution is 2.28. The van der Waals surface area contributed by atoms with Crippen molar-refractivity contribution < 1.29 is 0 Å². The zero-order valence-electron chi connectivity index (χ0n) is 12.8. The van der Waals surface area contributed by atoms with E-state index in [2.05, 4.69) is 46.5 Å². The Kier molecular flexibility index (Phi) is 3.73. The molecule has 0 spiro atoms. The average Bonchev–Trinajstić information content (AvgIpc) is 3.12. The van der Waals surface area contributed by atoms with Crippen LogP contribution in [0.25, 0.3) is 0 Å². The second-order valence-corrected chi connectivity index (χ2v) is 5.55. The van der Waals surface area contributed by atoms with Crippen LogP contribution < -0.4 is 16.0 Å². The predicted octanol–water partition coefficient (Wildman–Crippen LogP) is 2.91. The van der Waals surface area contributed by atoms with Gasteiger partial charge < -0.3 is 16.0 Å². The number of aryl methyl sites for hydroxylation is 2. The van der Waals surface area contributed by atoms with E-state index in [1.807, 2.05) is 11.7 Å². The van der Waals surface area contributed by atoms with Gasteiger partial charge in [-0.3, -0.25) is 4.68 Å². The van der Waals surface area contributed by atoms with Crippen LogP contribution in [0, 0.1) is 0 Å². The predicted molar refractivity (Wildman–Crippen MR) is 88.2 cm³/mol. The first kappa shape index (κ1) is 13.8. The highest BCUT2D eigenvalue weighted by atomic mass is 15.3. The maximum Gasteiger partial charge on any atom is 0.152 e. The molecule has 1 aromatic carbocycles. The molecular formula is C16H23N5. The number of nitrogens with two attached hydrogens (primary N) is 1. The molecule has 0 amide bonds. The summed E-state index contributed by atoms with van der Waals surface area (Å²) in [4.78, 5) is 2.43. The Balaban J connectivity index is 1.77. The Morgan fingerprint density at radius 3 is 2.43 bits per heavy atom. The maximum absolute atomic E-state index is 6.14. The summed E-state index contributed by atoms with van der Waals surface area (Å²) in [5, 5.41) is 7.80. The van der Waals surface area contributed by atoms with Crippen molar-refractivity contribution >= 4 is 22.9 Å². The lowest BCUT2D eigenvalue weighted by Gasteiger charge is -2.18. The third-order valence-corrected chi connectivity index (χ3v) is 4.10. The molecule has 0 bridgehead atoms. The minimum Gasteiger partial charge on any atom is -0.394 e. The van der Waals surface area contributed by atoms with Crippen molar-refractivity contribution in [2.24, 2.45) is 7.05 Å². The van der Waals surface area contributed by atoms with E-state index >= 15 is 0 Å². The molecule has 21 heavy (non-hydrogen) atoms. The first-order valence-corrected chi connectivity index (χ1v) is 7.62. The van der Waals surface area contributed by atoms with Crippen molar-refractivity contribution in [3.05, 3.63) is 30.0 Å². The topological polar surface area (TPSA) is 59.1 Å². The van der Waals surface area contributed by atoms with Crippen molar-refractivity contribution in [2.75, 3.05) is 29.0 Å². The number of rotatable bonds is 4. The smallest absolute Gasteiger partial charge is 0.152 e. The van der Waals surface area contributed by atoms with Gasteiger partial charge in [-0.2, -0.15) is 5.10 Å². The van der Waals surface area contributed by atoms with Crippen molar-refractivity contribution in [2.45, 2.75) is 26.2 Å². The maximum atomic E-state index is 6.14. The Labute approximate surface area is 125 Å². The monoisotopic (exact) mass is 285 g/mol. The molecule has 5 nitrogen and oxygen atoms in total. The number of aromatic nitrogens is 2. The van der Waals surface area contributed by atoms with Gasteiger partial charge in [-0.15, -0.1) is 0 Å². The summed E-state index contributed by atoms with van der Waals surface area (Å²) in [5.41, 5.74) is 10.1. The first-order chi connectivity index (χ1) is 10.2. The molecule has 112 valence electrons.